The highest BCUT2D eigenvalue weighted by atomic mass is 16.4. The van der Waals surface area contributed by atoms with Crippen molar-refractivity contribution in [2.45, 2.75) is 51.5 Å². The fourth-order valence-corrected chi connectivity index (χ4v) is 4.93. The molecule has 0 radical (unpaired) electrons. The van der Waals surface area contributed by atoms with E-state index in [9.17, 15) is 4.79 Å². The van der Waals surface area contributed by atoms with Gasteiger partial charge in [-0.2, -0.15) is 0 Å². The molecular formula is C15H25N3O2. The molecule has 0 heterocycles. The van der Waals surface area contributed by atoms with Crippen LogP contribution in [0.2, 0.25) is 0 Å². The van der Waals surface area contributed by atoms with Gasteiger partial charge in [-0.15, -0.1) is 0 Å². The number of oxime groups is 1. The van der Waals surface area contributed by atoms with Crippen LogP contribution in [0.1, 0.15) is 46.0 Å². The molecule has 0 aromatic carbocycles. The van der Waals surface area contributed by atoms with Gasteiger partial charge < -0.3 is 16.3 Å². The standard InChI is InChI=1S/C15H25N3O2/c1-15(2,14(16)18-20)17-13(19)12-10-4-8-3-9(6-10)7-11(12)5-8/h8-12,20H,3-7H2,1-2H3,(H2,16,18)(H,17,19). The third kappa shape index (κ3) is 2.17. The van der Waals surface area contributed by atoms with Gasteiger partial charge in [-0.05, 0) is 69.6 Å². The smallest absolute Gasteiger partial charge is 0.224 e. The van der Waals surface area contributed by atoms with Crippen LogP contribution < -0.4 is 11.1 Å². The summed E-state index contributed by atoms with van der Waals surface area (Å²) < 4.78 is 0. The lowest BCUT2D eigenvalue weighted by molar-refractivity contribution is -0.139. The van der Waals surface area contributed by atoms with Gasteiger partial charge >= 0.3 is 0 Å². The lowest BCUT2D eigenvalue weighted by Gasteiger charge is -2.54. The van der Waals surface area contributed by atoms with Crippen LogP contribution in [-0.4, -0.2) is 22.5 Å². The number of nitrogens with two attached hydrogens (primary N) is 1. The molecule has 1 amide bonds. The molecule has 0 aromatic rings. The third-order valence-electron chi connectivity index (χ3n) is 5.71. The second kappa shape index (κ2) is 4.64. The van der Waals surface area contributed by atoms with E-state index < -0.39 is 5.54 Å². The summed E-state index contributed by atoms with van der Waals surface area (Å²) in [6.07, 6.45) is 6.26. The maximum absolute atomic E-state index is 12.7. The number of carbonyl (C=O) groups excluding carboxylic acids is 1. The summed E-state index contributed by atoms with van der Waals surface area (Å²) in [5.74, 6) is 3.10. The quantitative estimate of drug-likeness (QED) is 0.318. The first-order valence-corrected chi connectivity index (χ1v) is 7.70. The molecule has 0 spiro atoms. The van der Waals surface area contributed by atoms with Crippen LogP contribution >= 0.6 is 0 Å². The first kappa shape index (κ1) is 13.7. The van der Waals surface area contributed by atoms with Gasteiger partial charge in [-0.3, -0.25) is 4.79 Å². The van der Waals surface area contributed by atoms with E-state index in [-0.39, 0.29) is 17.7 Å². The van der Waals surface area contributed by atoms with E-state index in [1.165, 1.54) is 32.1 Å². The second-order valence-corrected chi connectivity index (χ2v) is 7.56. The van der Waals surface area contributed by atoms with Crippen molar-refractivity contribution in [1.29, 1.82) is 0 Å². The van der Waals surface area contributed by atoms with E-state index >= 15 is 0 Å². The molecule has 20 heavy (non-hydrogen) atoms. The van der Waals surface area contributed by atoms with Crippen molar-refractivity contribution < 1.29 is 10.0 Å². The lowest BCUT2D eigenvalue weighted by Crippen LogP contribution is -2.58. The molecular weight excluding hydrogens is 254 g/mol. The zero-order chi connectivity index (χ0) is 14.5. The van der Waals surface area contributed by atoms with Crippen molar-refractivity contribution >= 4 is 11.7 Å². The van der Waals surface area contributed by atoms with Crippen molar-refractivity contribution in [3.8, 4) is 0 Å². The Morgan fingerprint density at radius 2 is 1.65 bits per heavy atom. The fourth-order valence-electron chi connectivity index (χ4n) is 4.93. The SMILES string of the molecule is CC(C)(NC(=O)C1C2CC3CC(C2)CC1C3)C(N)=NO. The maximum Gasteiger partial charge on any atom is 0.224 e. The first-order chi connectivity index (χ1) is 9.40. The molecule has 0 atom stereocenters. The molecule has 4 aliphatic rings. The summed E-state index contributed by atoms with van der Waals surface area (Å²) in [4.78, 5) is 12.7. The monoisotopic (exact) mass is 279 g/mol. The maximum atomic E-state index is 12.7. The minimum Gasteiger partial charge on any atom is -0.409 e. The molecule has 0 aromatic heterocycles. The van der Waals surface area contributed by atoms with Crippen molar-refractivity contribution in [1.82, 2.24) is 5.32 Å². The molecule has 5 nitrogen and oxygen atoms in total. The first-order valence-electron chi connectivity index (χ1n) is 7.70. The Morgan fingerprint density at radius 3 is 2.10 bits per heavy atom. The van der Waals surface area contributed by atoms with E-state index in [0.717, 1.165) is 11.8 Å². The van der Waals surface area contributed by atoms with Crippen molar-refractivity contribution in [2.75, 3.05) is 0 Å². The summed E-state index contributed by atoms with van der Waals surface area (Å²) in [5, 5.41) is 14.8. The summed E-state index contributed by atoms with van der Waals surface area (Å²) in [5.41, 5.74) is 4.87. The Kier molecular flexibility index (Phi) is 3.18. The predicted octanol–water partition coefficient (Wildman–Crippen LogP) is 1.70. The van der Waals surface area contributed by atoms with Crippen LogP contribution in [0.3, 0.4) is 0 Å². The average molecular weight is 279 g/mol. The number of nitrogens with zero attached hydrogens (tertiary/aromatic N) is 1. The minimum atomic E-state index is -0.791. The van der Waals surface area contributed by atoms with Gasteiger partial charge in [0.15, 0.2) is 5.84 Å². The highest BCUT2D eigenvalue weighted by molar-refractivity contribution is 5.93. The van der Waals surface area contributed by atoms with Gasteiger partial charge in [-0.1, -0.05) is 5.16 Å². The molecule has 0 unspecified atom stereocenters. The number of carbonyl (C=O) groups is 1. The summed E-state index contributed by atoms with van der Waals surface area (Å²) in [7, 11) is 0. The topological polar surface area (TPSA) is 87.7 Å². The number of amidine groups is 1. The molecule has 4 bridgehead atoms. The van der Waals surface area contributed by atoms with Crippen LogP contribution in [0, 0.1) is 29.6 Å². The molecule has 4 rings (SSSR count). The fraction of sp³-hybridized carbons (Fsp3) is 0.867. The van der Waals surface area contributed by atoms with E-state index in [4.69, 9.17) is 10.9 Å². The van der Waals surface area contributed by atoms with Crippen molar-refractivity contribution in [3.05, 3.63) is 0 Å². The van der Waals surface area contributed by atoms with E-state index in [0.29, 0.717) is 11.8 Å². The van der Waals surface area contributed by atoms with Gasteiger partial charge in [-0.25, -0.2) is 0 Å². The molecule has 4 aliphatic carbocycles. The molecule has 5 heteroatoms. The largest absolute Gasteiger partial charge is 0.409 e. The summed E-state index contributed by atoms with van der Waals surface area (Å²) >= 11 is 0. The second-order valence-electron chi connectivity index (χ2n) is 7.56. The Labute approximate surface area is 120 Å². The molecule has 4 N–H and O–H groups in total. The average Bonchev–Trinajstić information content (AvgIpc) is 2.35. The zero-order valence-corrected chi connectivity index (χ0v) is 12.3. The number of nitrogens with one attached hydrogen (secondary N) is 1. The molecule has 4 fully saturated rings. The predicted molar refractivity (Wildman–Crippen MR) is 76.2 cm³/mol. The Bertz CT molecular complexity index is 416. The molecule has 0 aliphatic heterocycles. The normalized spacial score (nSPS) is 39.9. The number of hydrogen-bond acceptors (Lipinski definition) is 3. The van der Waals surface area contributed by atoms with Crippen molar-refractivity contribution in [2.24, 2.45) is 40.5 Å². The van der Waals surface area contributed by atoms with Gasteiger partial charge in [0.25, 0.3) is 0 Å². The summed E-state index contributed by atoms with van der Waals surface area (Å²) in [6.45, 7) is 3.55. The van der Waals surface area contributed by atoms with Crippen LogP contribution in [0.25, 0.3) is 0 Å². The van der Waals surface area contributed by atoms with E-state index in [1.807, 2.05) is 0 Å². The van der Waals surface area contributed by atoms with Crippen molar-refractivity contribution in [3.63, 3.8) is 0 Å². The molecule has 0 saturated heterocycles. The highest BCUT2D eigenvalue weighted by Gasteiger charge is 2.51. The van der Waals surface area contributed by atoms with Gasteiger partial charge in [0.05, 0.1) is 5.54 Å². The molecule has 4 saturated carbocycles. The number of amides is 1. The van der Waals surface area contributed by atoms with Crippen LogP contribution in [0.4, 0.5) is 0 Å². The molecule has 112 valence electrons. The number of rotatable bonds is 3. The zero-order valence-electron chi connectivity index (χ0n) is 12.3. The summed E-state index contributed by atoms with van der Waals surface area (Å²) in [6, 6.07) is 0. The van der Waals surface area contributed by atoms with Gasteiger partial charge in [0.2, 0.25) is 5.91 Å². The van der Waals surface area contributed by atoms with Crippen LogP contribution in [0.5, 0.6) is 0 Å². The Balaban J connectivity index is 1.72. The highest BCUT2D eigenvalue weighted by Crippen LogP contribution is 2.56. The van der Waals surface area contributed by atoms with E-state index in [2.05, 4.69) is 10.5 Å². The minimum absolute atomic E-state index is 0.0506. The Hall–Kier alpha value is -1.26. The van der Waals surface area contributed by atoms with Crippen LogP contribution in [-0.2, 0) is 4.79 Å². The van der Waals surface area contributed by atoms with Gasteiger partial charge in [0, 0.05) is 5.92 Å². The van der Waals surface area contributed by atoms with E-state index in [1.54, 1.807) is 13.8 Å². The van der Waals surface area contributed by atoms with Crippen LogP contribution in [0.15, 0.2) is 5.16 Å². The third-order valence-corrected chi connectivity index (χ3v) is 5.71. The number of hydrogen-bond donors (Lipinski definition) is 3. The lowest BCUT2D eigenvalue weighted by atomic mass is 9.51. The van der Waals surface area contributed by atoms with Gasteiger partial charge in [0.1, 0.15) is 0 Å². The Morgan fingerprint density at radius 1 is 1.15 bits per heavy atom.